The topological polar surface area (TPSA) is 99.0 Å². The number of hydrogen-bond donors (Lipinski definition) is 0. The van der Waals surface area contributed by atoms with Crippen molar-refractivity contribution in [3.63, 3.8) is 0 Å². The molecule has 0 spiro atoms. The molecule has 0 radical (unpaired) electrons. The van der Waals surface area contributed by atoms with Crippen molar-refractivity contribution in [1.29, 1.82) is 0 Å². The number of nitrogens with zero attached hydrogens (tertiary/aromatic N) is 3. The molecule has 1 aromatic heterocycles. The third-order valence-electron chi connectivity index (χ3n) is 3.14. The molecule has 0 aromatic carbocycles. The average Bonchev–Trinajstić information content (AvgIpc) is 2.78. The largest absolute Gasteiger partial charge is 0.296 e. The van der Waals surface area contributed by atoms with E-state index >= 15 is 0 Å². The maximum atomic E-state index is 11.6. The first kappa shape index (κ1) is 15.7. The lowest BCUT2D eigenvalue weighted by Gasteiger charge is -2.25. The lowest BCUT2D eigenvalue weighted by molar-refractivity contribution is 0.344. The van der Waals surface area contributed by atoms with Crippen LogP contribution < -0.4 is 0 Å². The summed E-state index contributed by atoms with van der Waals surface area (Å²) in [6.45, 7) is 5.36. The second-order valence-corrected chi connectivity index (χ2v) is 10.6. The molecule has 0 amide bonds. The van der Waals surface area contributed by atoms with Crippen LogP contribution in [0.3, 0.4) is 0 Å². The molecule has 2 heterocycles. The van der Waals surface area contributed by atoms with Crippen LogP contribution >= 0.6 is 10.7 Å². The minimum atomic E-state index is -4.04. The molecule has 1 unspecified atom stereocenters. The summed E-state index contributed by atoms with van der Waals surface area (Å²) in [6.07, 6.45) is 0.416. The monoisotopic (exact) mass is 341 g/mol. The normalized spacial score (nSPS) is 23.1. The van der Waals surface area contributed by atoms with E-state index in [9.17, 15) is 16.8 Å². The zero-order valence-corrected chi connectivity index (χ0v) is 13.8. The molecule has 0 bridgehead atoms. The molecule has 1 saturated heterocycles. The number of hydrogen-bond acceptors (Lipinski definition) is 6. The van der Waals surface area contributed by atoms with E-state index in [1.54, 1.807) is 20.8 Å². The van der Waals surface area contributed by atoms with Crippen LogP contribution in [0.1, 0.15) is 38.9 Å². The van der Waals surface area contributed by atoms with E-state index in [0.29, 0.717) is 12.2 Å². The van der Waals surface area contributed by atoms with Gasteiger partial charge in [0.25, 0.3) is 14.2 Å². The number of halogens is 1. The van der Waals surface area contributed by atoms with Crippen LogP contribution in [0.25, 0.3) is 0 Å². The standard InChI is InChI=1S/C10H16ClN3O4S2/c1-10(2,3)14-8(7-4-5-19(15,16)6-7)12-13-9(14)20(11,17)18/h7H,4-6H2,1-3H3. The molecule has 0 N–H and O–H groups in total. The number of rotatable bonds is 2. The summed E-state index contributed by atoms with van der Waals surface area (Å²) in [5, 5.41) is 7.18. The smallest absolute Gasteiger partial charge is 0.295 e. The summed E-state index contributed by atoms with van der Waals surface area (Å²) < 4.78 is 47.7. The van der Waals surface area contributed by atoms with Crippen LogP contribution in [0, 0.1) is 0 Å². The van der Waals surface area contributed by atoms with E-state index in [2.05, 4.69) is 10.2 Å². The van der Waals surface area contributed by atoms with Gasteiger partial charge in [0, 0.05) is 22.1 Å². The van der Waals surface area contributed by atoms with Gasteiger partial charge in [-0.15, -0.1) is 10.2 Å². The van der Waals surface area contributed by atoms with Crippen LogP contribution in [0.15, 0.2) is 5.16 Å². The van der Waals surface area contributed by atoms with Crippen molar-refractivity contribution in [2.45, 2.75) is 43.8 Å². The van der Waals surface area contributed by atoms with Crippen molar-refractivity contribution in [2.24, 2.45) is 0 Å². The van der Waals surface area contributed by atoms with Crippen molar-refractivity contribution >= 4 is 29.6 Å². The fourth-order valence-corrected chi connectivity index (χ4v) is 5.10. The Bertz CT molecular complexity index is 731. The Morgan fingerprint density at radius 3 is 2.30 bits per heavy atom. The summed E-state index contributed by atoms with van der Waals surface area (Å²) in [6, 6.07) is 0. The molecule has 1 fully saturated rings. The minimum Gasteiger partial charge on any atom is -0.295 e. The van der Waals surface area contributed by atoms with E-state index in [1.165, 1.54) is 4.57 Å². The average molecular weight is 342 g/mol. The highest BCUT2D eigenvalue weighted by molar-refractivity contribution is 8.13. The predicted octanol–water partition coefficient (Wildman–Crippen LogP) is 0.863. The third-order valence-corrected chi connectivity index (χ3v) is 6.03. The van der Waals surface area contributed by atoms with Crippen molar-refractivity contribution in [1.82, 2.24) is 14.8 Å². The van der Waals surface area contributed by atoms with E-state index in [1.807, 2.05) is 0 Å². The molecule has 0 aliphatic carbocycles. The van der Waals surface area contributed by atoms with Crippen LogP contribution in [-0.2, 0) is 24.4 Å². The second-order valence-electron chi connectivity index (χ2n) is 5.88. The van der Waals surface area contributed by atoms with Crippen molar-refractivity contribution in [3.8, 4) is 0 Å². The Hall–Kier alpha value is -0.670. The van der Waals surface area contributed by atoms with Gasteiger partial charge in [0.1, 0.15) is 5.82 Å². The highest BCUT2D eigenvalue weighted by atomic mass is 35.7. The van der Waals surface area contributed by atoms with Gasteiger partial charge in [0.05, 0.1) is 11.5 Å². The summed E-state index contributed by atoms with van der Waals surface area (Å²) in [4.78, 5) is 0. The molecular weight excluding hydrogens is 326 g/mol. The molecule has 7 nitrogen and oxygen atoms in total. The molecule has 10 heteroatoms. The Balaban J connectivity index is 2.59. The fourth-order valence-electron chi connectivity index (χ4n) is 2.33. The van der Waals surface area contributed by atoms with Gasteiger partial charge >= 0.3 is 0 Å². The Morgan fingerprint density at radius 2 is 1.90 bits per heavy atom. The molecule has 1 aliphatic heterocycles. The zero-order valence-electron chi connectivity index (χ0n) is 11.4. The molecule has 2 rings (SSSR count). The Morgan fingerprint density at radius 1 is 1.30 bits per heavy atom. The van der Waals surface area contributed by atoms with Gasteiger partial charge in [-0.1, -0.05) is 0 Å². The van der Waals surface area contributed by atoms with E-state index in [0.717, 1.165) is 0 Å². The van der Waals surface area contributed by atoms with Crippen LogP contribution in [0.4, 0.5) is 0 Å². The highest BCUT2D eigenvalue weighted by Crippen LogP contribution is 2.33. The Labute approximate surface area is 122 Å². The van der Waals surface area contributed by atoms with Gasteiger partial charge in [0.15, 0.2) is 9.84 Å². The lowest BCUT2D eigenvalue weighted by Crippen LogP contribution is -2.28. The maximum absolute atomic E-state index is 11.6. The van der Waals surface area contributed by atoms with Gasteiger partial charge in [-0.25, -0.2) is 16.8 Å². The quantitative estimate of drug-likeness (QED) is 0.740. The SMILES string of the molecule is CC(C)(C)n1c(C2CCS(=O)(=O)C2)nnc1S(=O)(=O)Cl. The van der Waals surface area contributed by atoms with Gasteiger partial charge in [-0.2, -0.15) is 0 Å². The third kappa shape index (κ3) is 2.99. The molecule has 0 saturated carbocycles. The minimum absolute atomic E-state index is 0.0381. The van der Waals surface area contributed by atoms with Crippen molar-refractivity contribution in [2.75, 3.05) is 11.5 Å². The number of sulfone groups is 1. The van der Waals surface area contributed by atoms with Gasteiger partial charge in [0.2, 0.25) is 0 Å². The first-order chi connectivity index (χ1) is 8.92. The van der Waals surface area contributed by atoms with Gasteiger partial charge in [-0.3, -0.25) is 4.57 Å². The molecule has 1 aliphatic rings. The highest BCUT2D eigenvalue weighted by Gasteiger charge is 2.37. The summed E-state index contributed by atoms with van der Waals surface area (Å²) >= 11 is 0. The fraction of sp³-hybridized carbons (Fsp3) is 0.800. The van der Waals surface area contributed by atoms with Crippen molar-refractivity contribution < 1.29 is 16.8 Å². The summed E-state index contributed by atoms with van der Waals surface area (Å²) in [7, 11) is -1.76. The lowest BCUT2D eigenvalue weighted by atomic mass is 10.0. The first-order valence-electron chi connectivity index (χ1n) is 6.03. The molecule has 114 valence electrons. The van der Waals surface area contributed by atoms with Gasteiger partial charge in [-0.05, 0) is 27.2 Å². The second kappa shape index (κ2) is 4.67. The van der Waals surface area contributed by atoms with E-state index in [4.69, 9.17) is 10.7 Å². The summed E-state index contributed by atoms with van der Waals surface area (Å²) in [5.41, 5.74) is -0.623. The maximum Gasteiger partial charge on any atom is 0.296 e. The van der Waals surface area contributed by atoms with Crippen LogP contribution in [0.2, 0.25) is 0 Å². The zero-order chi connectivity index (χ0) is 15.3. The first-order valence-corrected chi connectivity index (χ1v) is 10.2. The summed E-state index contributed by atoms with van der Waals surface area (Å²) in [5.74, 6) is 0.0537. The van der Waals surface area contributed by atoms with Crippen LogP contribution in [-0.4, -0.2) is 43.1 Å². The Kier molecular flexibility index (Phi) is 3.67. The van der Waals surface area contributed by atoms with E-state index < -0.39 is 24.4 Å². The van der Waals surface area contributed by atoms with E-state index in [-0.39, 0.29) is 22.6 Å². The van der Waals surface area contributed by atoms with Crippen molar-refractivity contribution in [3.05, 3.63) is 5.82 Å². The predicted molar refractivity (Wildman–Crippen MR) is 74.1 cm³/mol. The molecular formula is C10H16ClN3O4S2. The molecule has 1 aromatic rings. The molecule has 1 atom stereocenters. The van der Waals surface area contributed by atoms with Crippen LogP contribution in [0.5, 0.6) is 0 Å². The number of aromatic nitrogens is 3. The van der Waals surface area contributed by atoms with Gasteiger partial charge < -0.3 is 0 Å². The molecule has 20 heavy (non-hydrogen) atoms.